The minimum Gasteiger partial charge on any atom is -0.0745 e. The highest BCUT2D eigenvalue weighted by Gasteiger charge is 2.12. The van der Waals surface area contributed by atoms with Crippen molar-refractivity contribution in [2.75, 3.05) is 0 Å². The maximum atomic E-state index is 2.27. The fourth-order valence-corrected chi connectivity index (χ4v) is 1.73. The van der Waals surface area contributed by atoms with Crippen LogP contribution >= 0.6 is 0 Å². The predicted octanol–water partition coefficient (Wildman–Crippen LogP) is 4.06. The summed E-state index contributed by atoms with van der Waals surface area (Å²) >= 11 is 0. The van der Waals surface area contributed by atoms with Gasteiger partial charge in [0.2, 0.25) is 0 Å². The molecule has 0 nitrogen and oxygen atoms in total. The smallest absolute Gasteiger partial charge is 0.00111 e. The number of rotatable bonds is 0. The van der Waals surface area contributed by atoms with Crippen molar-refractivity contribution in [3.63, 3.8) is 0 Å². The van der Waals surface area contributed by atoms with Gasteiger partial charge in [0, 0.05) is 5.41 Å². The van der Waals surface area contributed by atoms with E-state index < -0.39 is 0 Å². The molecule has 0 amide bonds. The van der Waals surface area contributed by atoms with Crippen molar-refractivity contribution in [1.29, 1.82) is 0 Å². The van der Waals surface area contributed by atoms with Gasteiger partial charge in [0.25, 0.3) is 0 Å². The molecule has 0 N–H and O–H groups in total. The van der Waals surface area contributed by atoms with Gasteiger partial charge in [0.1, 0.15) is 0 Å². The SMILES string of the molecule is Cc1cccc2c1C=CC(C)(C)C=C2. The number of aryl methyl sites for hydroxylation is 1. The van der Waals surface area contributed by atoms with E-state index in [0.717, 1.165) is 0 Å². The van der Waals surface area contributed by atoms with Gasteiger partial charge in [0.05, 0.1) is 0 Å². The standard InChI is InChI=1S/C14H16/c1-11-5-4-6-12-7-9-14(2,3)10-8-13(11)12/h4-10H,1-3H3. The van der Waals surface area contributed by atoms with Gasteiger partial charge >= 0.3 is 0 Å². The maximum absolute atomic E-state index is 2.27. The normalized spacial score (nSPS) is 17.6. The Bertz CT molecular complexity index is 406. The zero-order chi connectivity index (χ0) is 10.2. The highest BCUT2D eigenvalue weighted by molar-refractivity contribution is 5.70. The van der Waals surface area contributed by atoms with E-state index in [1.807, 2.05) is 0 Å². The van der Waals surface area contributed by atoms with Crippen molar-refractivity contribution in [3.05, 3.63) is 47.0 Å². The van der Waals surface area contributed by atoms with Crippen LogP contribution in [0.2, 0.25) is 0 Å². The van der Waals surface area contributed by atoms with Crippen molar-refractivity contribution < 1.29 is 0 Å². The number of allylic oxidation sites excluding steroid dienone is 2. The average molecular weight is 184 g/mol. The summed E-state index contributed by atoms with van der Waals surface area (Å²) in [5.74, 6) is 0. The molecule has 1 aromatic carbocycles. The molecule has 1 aliphatic rings. The van der Waals surface area contributed by atoms with Gasteiger partial charge in [0.15, 0.2) is 0 Å². The monoisotopic (exact) mass is 184 g/mol. The Hall–Kier alpha value is -1.30. The van der Waals surface area contributed by atoms with Crippen LogP contribution in [0.5, 0.6) is 0 Å². The summed E-state index contributed by atoms with van der Waals surface area (Å²) in [6, 6.07) is 6.45. The lowest BCUT2D eigenvalue weighted by atomic mass is 9.93. The first-order valence-corrected chi connectivity index (χ1v) is 5.07. The van der Waals surface area contributed by atoms with Crippen LogP contribution in [0.25, 0.3) is 12.2 Å². The van der Waals surface area contributed by atoms with E-state index in [9.17, 15) is 0 Å². The summed E-state index contributed by atoms with van der Waals surface area (Å²) in [7, 11) is 0. The molecule has 72 valence electrons. The van der Waals surface area contributed by atoms with Crippen molar-refractivity contribution in [2.45, 2.75) is 20.8 Å². The highest BCUT2D eigenvalue weighted by atomic mass is 14.2. The predicted molar refractivity (Wildman–Crippen MR) is 63.0 cm³/mol. The minimum absolute atomic E-state index is 0.172. The molecular weight excluding hydrogens is 168 g/mol. The van der Waals surface area contributed by atoms with Crippen LogP contribution in [0, 0.1) is 12.3 Å². The zero-order valence-corrected chi connectivity index (χ0v) is 9.04. The summed E-state index contributed by atoms with van der Waals surface area (Å²) < 4.78 is 0. The number of benzene rings is 1. The fourth-order valence-electron chi connectivity index (χ4n) is 1.73. The molecule has 1 aliphatic carbocycles. The van der Waals surface area contributed by atoms with Crippen LogP contribution in [0.3, 0.4) is 0 Å². The Morgan fingerprint density at radius 1 is 1.00 bits per heavy atom. The molecule has 1 aromatic rings. The Balaban J connectivity index is 2.60. The third-order valence-electron chi connectivity index (χ3n) is 2.73. The van der Waals surface area contributed by atoms with Gasteiger partial charge in [-0.3, -0.25) is 0 Å². The molecule has 0 heterocycles. The summed E-state index contributed by atoms with van der Waals surface area (Å²) in [5, 5.41) is 0. The molecule has 14 heavy (non-hydrogen) atoms. The third-order valence-corrected chi connectivity index (χ3v) is 2.73. The molecule has 0 fully saturated rings. The van der Waals surface area contributed by atoms with E-state index in [-0.39, 0.29) is 5.41 Å². The summed E-state index contributed by atoms with van der Waals surface area (Å²) in [6.45, 7) is 6.61. The first kappa shape index (κ1) is 9.26. The lowest BCUT2D eigenvalue weighted by Crippen LogP contribution is -1.99. The first-order chi connectivity index (χ1) is 6.58. The van der Waals surface area contributed by atoms with E-state index in [0.29, 0.717) is 0 Å². The number of fused-ring (bicyclic) bond motifs is 1. The Kier molecular flexibility index (Phi) is 2.07. The van der Waals surface area contributed by atoms with Gasteiger partial charge in [-0.2, -0.15) is 0 Å². The molecule has 0 saturated heterocycles. The van der Waals surface area contributed by atoms with Gasteiger partial charge in [-0.1, -0.05) is 56.4 Å². The van der Waals surface area contributed by atoms with Crippen LogP contribution in [0.15, 0.2) is 30.4 Å². The van der Waals surface area contributed by atoms with Gasteiger partial charge in [-0.05, 0) is 23.6 Å². The van der Waals surface area contributed by atoms with Crippen LogP contribution in [-0.4, -0.2) is 0 Å². The van der Waals surface area contributed by atoms with Gasteiger partial charge in [-0.25, -0.2) is 0 Å². The number of hydrogen-bond donors (Lipinski definition) is 0. The molecule has 0 saturated carbocycles. The second kappa shape index (κ2) is 3.13. The highest BCUT2D eigenvalue weighted by Crippen LogP contribution is 2.28. The van der Waals surface area contributed by atoms with E-state index in [2.05, 4.69) is 63.3 Å². The molecule has 0 atom stereocenters. The van der Waals surface area contributed by atoms with Crippen LogP contribution in [0.4, 0.5) is 0 Å². The molecule has 0 spiro atoms. The lowest BCUT2D eigenvalue weighted by Gasteiger charge is -2.12. The fraction of sp³-hybridized carbons (Fsp3) is 0.286. The summed E-state index contributed by atoms with van der Waals surface area (Å²) in [5.41, 5.74) is 4.20. The van der Waals surface area contributed by atoms with Gasteiger partial charge in [-0.15, -0.1) is 0 Å². The van der Waals surface area contributed by atoms with Crippen LogP contribution < -0.4 is 0 Å². The summed E-state index contributed by atoms with van der Waals surface area (Å²) in [4.78, 5) is 0. The van der Waals surface area contributed by atoms with Crippen molar-refractivity contribution in [3.8, 4) is 0 Å². The Morgan fingerprint density at radius 2 is 1.71 bits per heavy atom. The minimum atomic E-state index is 0.172. The number of hydrogen-bond acceptors (Lipinski definition) is 0. The molecule has 0 aromatic heterocycles. The second-order valence-corrected chi connectivity index (χ2v) is 4.57. The first-order valence-electron chi connectivity index (χ1n) is 5.07. The van der Waals surface area contributed by atoms with Crippen LogP contribution in [0.1, 0.15) is 30.5 Å². The second-order valence-electron chi connectivity index (χ2n) is 4.57. The van der Waals surface area contributed by atoms with Crippen molar-refractivity contribution in [2.24, 2.45) is 5.41 Å². The van der Waals surface area contributed by atoms with Crippen molar-refractivity contribution in [1.82, 2.24) is 0 Å². The van der Waals surface area contributed by atoms with Crippen molar-refractivity contribution >= 4 is 12.2 Å². The third kappa shape index (κ3) is 1.65. The van der Waals surface area contributed by atoms with E-state index in [4.69, 9.17) is 0 Å². The van der Waals surface area contributed by atoms with Crippen LogP contribution in [-0.2, 0) is 0 Å². The molecule has 0 aliphatic heterocycles. The largest absolute Gasteiger partial charge is 0.0745 e. The molecule has 2 rings (SSSR count). The zero-order valence-electron chi connectivity index (χ0n) is 9.04. The van der Waals surface area contributed by atoms with Gasteiger partial charge < -0.3 is 0 Å². The molecule has 0 unspecified atom stereocenters. The van der Waals surface area contributed by atoms with E-state index in [1.165, 1.54) is 16.7 Å². The molecule has 0 bridgehead atoms. The molecule has 0 radical (unpaired) electrons. The molecule has 0 heteroatoms. The quantitative estimate of drug-likeness (QED) is 0.570. The maximum Gasteiger partial charge on any atom is 0.00111 e. The molecular formula is C14H16. The van der Waals surface area contributed by atoms with E-state index in [1.54, 1.807) is 0 Å². The summed E-state index contributed by atoms with van der Waals surface area (Å²) in [6.07, 6.45) is 8.99. The lowest BCUT2D eigenvalue weighted by molar-refractivity contribution is 0.633. The Morgan fingerprint density at radius 3 is 2.50 bits per heavy atom. The van der Waals surface area contributed by atoms with E-state index >= 15 is 0 Å². The Labute approximate surface area is 86.0 Å². The average Bonchev–Trinajstić information content (AvgIpc) is 2.27. The topological polar surface area (TPSA) is 0 Å².